The minimum absolute atomic E-state index is 0.116. The van der Waals surface area contributed by atoms with Crippen LogP contribution < -0.4 is 0 Å². The van der Waals surface area contributed by atoms with Crippen LogP contribution in [0.3, 0.4) is 0 Å². The largest absolute Gasteiger partial charge is 0.475 e. The Morgan fingerprint density at radius 3 is 1.29 bits per heavy atom. The van der Waals surface area contributed by atoms with Crippen molar-refractivity contribution in [1.82, 2.24) is 0 Å². The van der Waals surface area contributed by atoms with E-state index in [9.17, 15) is 9.59 Å². The van der Waals surface area contributed by atoms with Gasteiger partial charge < -0.3 is 24.8 Å². The van der Waals surface area contributed by atoms with Gasteiger partial charge in [0.15, 0.2) is 0 Å². The molecule has 1 rings (SSSR count). The molecule has 0 saturated heterocycles. The predicted octanol–water partition coefficient (Wildman–Crippen LogP) is 2.23. The average molecular weight is 304 g/mol. The summed E-state index contributed by atoms with van der Waals surface area (Å²) in [7, 11) is 0. The molecule has 7 nitrogen and oxygen atoms in total. The molecule has 1 aromatic rings. The molecule has 1 aromatic heterocycles. The zero-order chi connectivity index (χ0) is 17.0. The Morgan fingerprint density at radius 1 is 0.952 bits per heavy atom. The molecule has 0 radical (unpaired) electrons. The van der Waals surface area contributed by atoms with Gasteiger partial charge in [0.25, 0.3) is 0 Å². The lowest BCUT2D eigenvalue weighted by molar-refractivity contribution is 0.0631. The van der Waals surface area contributed by atoms with Crippen molar-refractivity contribution in [2.75, 3.05) is 0 Å². The highest BCUT2D eigenvalue weighted by Crippen LogP contribution is 2.06. The molecular formula is C14H24O7. The van der Waals surface area contributed by atoms with Crippen molar-refractivity contribution in [3.63, 3.8) is 0 Å². The van der Waals surface area contributed by atoms with Crippen molar-refractivity contribution in [1.29, 1.82) is 0 Å². The van der Waals surface area contributed by atoms with Gasteiger partial charge in [0.2, 0.25) is 11.5 Å². The monoisotopic (exact) mass is 304 g/mol. The van der Waals surface area contributed by atoms with Crippen LogP contribution in [-0.2, 0) is 0 Å². The predicted molar refractivity (Wildman–Crippen MR) is 76.6 cm³/mol. The molecule has 0 aliphatic heterocycles. The average Bonchev–Trinajstić information content (AvgIpc) is 2.90. The van der Waals surface area contributed by atoms with Gasteiger partial charge >= 0.3 is 11.9 Å². The van der Waals surface area contributed by atoms with Gasteiger partial charge in [-0.3, -0.25) is 0 Å². The number of carboxylic acid groups (broad SMARTS) is 2. The molecule has 2 unspecified atom stereocenters. The van der Waals surface area contributed by atoms with E-state index in [1.165, 1.54) is 0 Å². The highest BCUT2D eigenvalue weighted by atomic mass is 16.4. The summed E-state index contributed by atoms with van der Waals surface area (Å²) in [5, 5.41) is 33.3. The van der Waals surface area contributed by atoms with E-state index >= 15 is 0 Å². The molecule has 21 heavy (non-hydrogen) atoms. The summed E-state index contributed by atoms with van der Waals surface area (Å²) < 4.78 is 4.41. The summed E-state index contributed by atoms with van der Waals surface area (Å²) in [5.74, 6) is -3.31. The number of carboxylic acids is 2. The van der Waals surface area contributed by atoms with Crippen LogP contribution in [0.4, 0.5) is 0 Å². The maximum absolute atomic E-state index is 10.2. The second-order valence-electron chi connectivity index (χ2n) is 4.29. The third-order valence-corrected chi connectivity index (χ3v) is 2.21. The molecule has 0 saturated carbocycles. The van der Waals surface area contributed by atoms with Gasteiger partial charge in [0.1, 0.15) is 0 Å². The van der Waals surface area contributed by atoms with Crippen molar-refractivity contribution in [3.8, 4) is 0 Å². The Kier molecular flexibility index (Phi) is 12.2. The first kappa shape index (κ1) is 21.4. The lowest BCUT2D eigenvalue weighted by Crippen LogP contribution is -1.94. The molecule has 0 aromatic carbocycles. The van der Waals surface area contributed by atoms with Gasteiger partial charge in [-0.2, -0.15) is 0 Å². The normalized spacial score (nSPS) is 12.1. The summed E-state index contributed by atoms with van der Waals surface area (Å²) in [6, 6.07) is 2.18. The molecule has 0 aliphatic carbocycles. The van der Waals surface area contributed by atoms with Crippen LogP contribution in [0.2, 0.25) is 0 Å². The number of hydrogen-bond donors (Lipinski definition) is 4. The van der Waals surface area contributed by atoms with E-state index in [2.05, 4.69) is 4.42 Å². The van der Waals surface area contributed by atoms with E-state index in [4.69, 9.17) is 20.4 Å². The van der Waals surface area contributed by atoms with Crippen molar-refractivity contribution in [2.45, 2.75) is 52.7 Å². The quantitative estimate of drug-likeness (QED) is 0.671. The highest BCUT2D eigenvalue weighted by Gasteiger charge is 2.12. The third kappa shape index (κ3) is 12.9. The molecule has 0 amide bonds. The maximum Gasteiger partial charge on any atom is 0.371 e. The lowest BCUT2D eigenvalue weighted by atomic mass is 10.3. The SMILES string of the molecule is CCC(C)O.CCC(C)O.O=C(O)c1ccc(C(=O)O)o1. The molecule has 0 spiro atoms. The van der Waals surface area contributed by atoms with Gasteiger partial charge in [-0.1, -0.05) is 13.8 Å². The lowest BCUT2D eigenvalue weighted by Gasteiger charge is -1.90. The molecular weight excluding hydrogens is 280 g/mol. The fourth-order valence-electron chi connectivity index (χ4n) is 0.568. The van der Waals surface area contributed by atoms with Crippen molar-refractivity contribution >= 4 is 11.9 Å². The van der Waals surface area contributed by atoms with Gasteiger partial charge in [-0.25, -0.2) is 9.59 Å². The summed E-state index contributed by atoms with van der Waals surface area (Å²) in [6.07, 6.45) is 1.49. The molecule has 0 bridgehead atoms. The van der Waals surface area contributed by atoms with Crippen LogP contribution in [0.15, 0.2) is 16.5 Å². The minimum atomic E-state index is -1.28. The summed E-state index contributed by atoms with van der Waals surface area (Å²) in [6.45, 7) is 7.45. The Balaban J connectivity index is 0. The van der Waals surface area contributed by atoms with E-state index in [0.717, 1.165) is 25.0 Å². The zero-order valence-electron chi connectivity index (χ0n) is 12.7. The second-order valence-corrected chi connectivity index (χ2v) is 4.29. The van der Waals surface area contributed by atoms with Crippen LogP contribution in [0.1, 0.15) is 61.6 Å². The Morgan fingerprint density at radius 2 is 1.19 bits per heavy atom. The molecule has 1 heterocycles. The molecule has 0 aliphatic rings. The van der Waals surface area contributed by atoms with Crippen molar-refractivity contribution in [3.05, 3.63) is 23.7 Å². The van der Waals surface area contributed by atoms with Crippen LogP contribution >= 0.6 is 0 Å². The summed E-state index contributed by atoms with van der Waals surface area (Å²) >= 11 is 0. The molecule has 122 valence electrons. The number of furan rings is 1. The number of hydrogen-bond acceptors (Lipinski definition) is 5. The Bertz CT molecular complexity index is 371. The molecule has 4 N–H and O–H groups in total. The van der Waals surface area contributed by atoms with Crippen LogP contribution in [0.25, 0.3) is 0 Å². The Hall–Kier alpha value is -1.86. The van der Waals surface area contributed by atoms with Gasteiger partial charge in [0, 0.05) is 0 Å². The van der Waals surface area contributed by atoms with Crippen LogP contribution in [0.5, 0.6) is 0 Å². The molecule has 2 atom stereocenters. The second kappa shape index (κ2) is 11.9. The van der Waals surface area contributed by atoms with E-state index in [1.807, 2.05) is 13.8 Å². The van der Waals surface area contributed by atoms with Crippen molar-refractivity contribution in [2.24, 2.45) is 0 Å². The zero-order valence-corrected chi connectivity index (χ0v) is 12.7. The maximum atomic E-state index is 10.2. The fourth-order valence-corrected chi connectivity index (χ4v) is 0.568. The van der Waals surface area contributed by atoms with Gasteiger partial charge in [0.05, 0.1) is 12.2 Å². The topological polar surface area (TPSA) is 128 Å². The Labute approximate surface area is 123 Å². The van der Waals surface area contributed by atoms with E-state index in [1.54, 1.807) is 13.8 Å². The smallest absolute Gasteiger partial charge is 0.371 e. The number of aromatic carboxylic acids is 2. The minimum Gasteiger partial charge on any atom is -0.475 e. The van der Waals surface area contributed by atoms with E-state index < -0.39 is 11.9 Å². The number of aliphatic hydroxyl groups excluding tert-OH is 2. The number of aliphatic hydroxyl groups is 2. The van der Waals surface area contributed by atoms with Crippen LogP contribution in [-0.4, -0.2) is 44.6 Å². The third-order valence-electron chi connectivity index (χ3n) is 2.21. The van der Waals surface area contributed by atoms with E-state index in [0.29, 0.717) is 0 Å². The number of carbonyl (C=O) groups is 2. The van der Waals surface area contributed by atoms with Crippen molar-refractivity contribution < 1.29 is 34.4 Å². The number of rotatable bonds is 4. The summed E-state index contributed by atoms with van der Waals surface area (Å²) in [5.41, 5.74) is 0. The first-order valence-electron chi connectivity index (χ1n) is 6.58. The van der Waals surface area contributed by atoms with E-state index in [-0.39, 0.29) is 23.7 Å². The molecule has 0 fully saturated rings. The first-order chi connectivity index (χ1) is 9.65. The molecule has 7 heteroatoms. The first-order valence-corrected chi connectivity index (χ1v) is 6.58. The summed E-state index contributed by atoms with van der Waals surface area (Å²) in [4.78, 5) is 20.3. The van der Waals surface area contributed by atoms with Crippen LogP contribution in [0, 0.1) is 0 Å². The van der Waals surface area contributed by atoms with Gasteiger partial charge in [-0.05, 0) is 38.8 Å². The van der Waals surface area contributed by atoms with Gasteiger partial charge in [-0.15, -0.1) is 0 Å². The standard InChI is InChI=1S/C6H4O5.2C4H10O/c7-5(8)3-1-2-4(11-3)6(9)10;2*1-3-4(2)5/h1-2H,(H,7,8)(H,9,10);2*4-5H,3H2,1-2H3. The fraction of sp³-hybridized carbons (Fsp3) is 0.571. The highest BCUT2D eigenvalue weighted by molar-refractivity contribution is 5.88.